The second-order valence-electron chi connectivity index (χ2n) is 3.19. The first-order valence-electron chi connectivity index (χ1n) is 4.90. The summed E-state index contributed by atoms with van der Waals surface area (Å²) in [7, 11) is 0. The van der Waals surface area contributed by atoms with E-state index in [9.17, 15) is 9.18 Å². The van der Waals surface area contributed by atoms with Crippen LogP contribution in [0.15, 0.2) is 28.4 Å². The number of aliphatic imine (C=N–C) groups is 1. The van der Waals surface area contributed by atoms with E-state index in [4.69, 9.17) is 4.74 Å². The zero-order chi connectivity index (χ0) is 11.4. The van der Waals surface area contributed by atoms with Crippen LogP contribution >= 0.6 is 11.8 Å². The first-order valence-corrected chi connectivity index (χ1v) is 5.88. The molecule has 86 valence electrons. The Kier molecular flexibility index (Phi) is 3.61. The zero-order valence-corrected chi connectivity index (χ0v) is 9.37. The Labute approximate surface area is 96.9 Å². The number of fused-ring (bicyclic) bond motifs is 1. The predicted octanol–water partition coefficient (Wildman–Crippen LogP) is 2.30. The maximum Gasteiger partial charge on any atom is 0.417 e. The zero-order valence-electron chi connectivity index (χ0n) is 8.56. The third-order valence-corrected chi connectivity index (χ3v) is 2.95. The summed E-state index contributed by atoms with van der Waals surface area (Å²) in [6, 6.07) is 0. The van der Waals surface area contributed by atoms with Crippen molar-refractivity contribution in [2.24, 2.45) is 4.99 Å². The molecular formula is C10H11FN2O2S. The quantitative estimate of drug-likeness (QED) is 0.713. The highest BCUT2D eigenvalue weighted by Gasteiger charge is 2.20. The molecule has 0 radical (unpaired) electrons. The Hall–Kier alpha value is -1.30. The summed E-state index contributed by atoms with van der Waals surface area (Å²) in [6.07, 6.45) is 4.82. The molecule has 2 rings (SSSR count). The van der Waals surface area contributed by atoms with Gasteiger partial charge in [0, 0.05) is 18.8 Å². The molecule has 6 heteroatoms. The monoisotopic (exact) mass is 242 g/mol. The maximum absolute atomic E-state index is 11.8. The van der Waals surface area contributed by atoms with Crippen LogP contribution in [-0.2, 0) is 4.74 Å². The number of nitrogens with zero attached hydrogens (tertiary/aromatic N) is 2. The van der Waals surface area contributed by atoms with Crippen molar-refractivity contribution in [1.29, 1.82) is 0 Å². The molecule has 2 aliphatic rings. The Morgan fingerprint density at radius 2 is 2.56 bits per heavy atom. The molecule has 0 aromatic carbocycles. The fraction of sp³-hybridized carbons (Fsp3) is 0.400. The van der Waals surface area contributed by atoms with Crippen LogP contribution in [0.25, 0.3) is 0 Å². The van der Waals surface area contributed by atoms with Gasteiger partial charge in [0.15, 0.2) is 0 Å². The number of hydrogen-bond donors (Lipinski definition) is 0. The SMILES string of the molecule is O=C(OCCCF)N1C=CC2=NCSC2=C1. The van der Waals surface area contributed by atoms with Gasteiger partial charge in [-0.05, 0) is 6.08 Å². The van der Waals surface area contributed by atoms with E-state index < -0.39 is 12.8 Å². The van der Waals surface area contributed by atoms with Gasteiger partial charge < -0.3 is 4.74 Å². The fourth-order valence-electron chi connectivity index (χ4n) is 1.28. The molecule has 0 unspecified atom stereocenters. The summed E-state index contributed by atoms with van der Waals surface area (Å²) in [5, 5.41) is 0. The first kappa shape index (κ1) is 11.2. The largest absolute Gasteiger partial charge is 0.449 e. The second kappa shape index (κ2) is 5.16. The molecule has 2 aliphatic heterocycles. The van der Waals surface area contributed by atoms with Crippen LogP contribution in [-0.4, -0.2) is 35.9 Å². The minimum atomic E-state index is -0.483. The van der Waals surface area contributed by atoms with E-state index in [1.807, 2.05) is 0 Å². The van der Waals surface area contributed by atoms with Gasteiger partial charge in [-0.25, -0.2) is 4.79 Å². The van der Waals surface area contributed by atoms with Gasteiger partial charge in [0.25, 0.3) is 0 Å². The molecule has 0 atom stereocenters. The maximum atomic E-state index is 11.8. The van der Waals surface area contributed by atoms with E-state index in [1.54, 1.807) is 30.2 Å². The van der Waals surface area contributed by atoms with Crippen molar-refractivity contribution in [3.63, 3.8) is 0 Å². The first-order chi connectivity index (χ1) is 7.81. The lowest BCUT2D eigenvalue weighted by Crippen LogP contribution is -2.24. The Bertz CT molecular complexity index is 379. The molecule has 0 aliphatic carbocycles. The Morgan fingerprint density at radius 1 is 1.69 bits per heavy atom. The lowest BCUT2D eigenvalue weighted by molar-refractivity contribution is 0.124. The molecule has 0 N–H and O–H groups in total. The number of alkyl halides is 1. The third kappa shape index (κ3) is 2.44. The summed E-state index contributed by atoms with van der Waals surface area (Å²) < 4.78 is 16.7. The number of carbonyl (C=O) groups excluding carboxylic acids is 1. The van der Waals surface area contributed by atoms with E-state index in [0.29, 0.717) is 5.88 Å². The van der Waals surface area contributed by atoms with Crippen LogP contribution in [0.1, 0.15) is 6.42 Å². The minimum absolute atomic E-state index is 0.108. The van der Waals surface area contributed by atoms with Crippen molar-refractivity contribution in [2.45, 2.75) is 6.42 Å². The van der Waals surface area contributed by atoms with Gasteiger partial charge in [-0.15, -0.1) is 0 Å². The number of halogens is 1. The van der Waals surface area contributed by atoms with Gasteiger partial charge >= 0.3 is 6.09 Å². The highest BCUT2D eigenvalue weighted by atomic mass is 32.2. The summed E-state index contributed by atoms with van der Waals surface area (Å²) in [5.41, 5.74) is 0.901. The third-order valence-electron chi connectivity index (χ3n) is 2.07. The van der Waals surface area contributed by atoms with Gasteiger partial charge in [-0.2, -0.15) is 0 Å². The van der Waals surface area contributed by atoms with Gasteiger partial charge in [0.05, 0.1) is 29.8 Å². The van der Waals surface area contributed by atoms with Crippen molar-refractivity contribution >= 4 is 23.6 Å². The van der Waals surface area contributed by atoms with Crippen LogP contribution in [0.2, 0.25) is 0 Å². The topological polar surface area (TPSA) is 41.9 Å². The van der Waals surface area contributed by atoms with E-state index in [1.165, 1.54) is 4.90 Å². The molecule has 16 heavy (non-hydrogen) atoms. The van der Waals surface area contributed by atoms with Crippen LogP contribution in [0.5, 0.6) is 0 Å². The molecule has 0 fully saturated rings. The van der Waals surface area contributed by atoms with Crippen molar-refractivity contribution < 1.29 is 13.9 Å². The molecule has 1 amide bonds. The van der Waals surface area contributed by atoms with E-state index in [0.717, 1.165) is 10.6 Å². The van der Waals surface area contributed by atoms with E-state index in [2.05, 4.69) is 4.99 Å². The van der Waals surface area contributed by atoms with Crippen molar-refractivity contribution in [3.8, 4) is 0 Å². The average Bonchev–Trinajstić information content (AvgIpc) is 2.76. The number of thioether (sulfide) groups is 1. The van der Waals surface area contributed by atoms with Crippen molar-refractivity contribution in [3.05, 3.63) is 23.4 Å². The average molecular weight is 242 g/mol. The lowest BCUT2D eigenvalue weighted by atomic mass is 10.3. The number of carbonyl (C=O) groups is 1. The molecular weight excluding hydrogens is 231 g/mol. The molecule has 0 aromatic heterocycles. The van der Waals surface area contributed by atoms with Crippen LogP contribution in [0.4, 0.5) is 9.18 Å². The predicted molar refractivity (Wildman–Crippen MR) is 60.9 cm³/mol. The van der Waals surface area contributed by atoms with Gasteiger partial charge in [0.2, 0.25) is 0 Å². The van der Waals surface area contributed by atoms with Gasteiger partial charge in [-0.1, -0.05) is 11.8 Å². The normalized spacial score (nSPS) is 17.9. The number of hydrogen-bond acceptors (Lipinski definition) is 4. The molecule has 0 saturated heterocycles. The molecule has 0 bridgehead atoms. The lowest BCUT2D eigenvalue weighted by Gasteiger charge is -2.17. The summed E-state index contributed by atoms with van der Waals surface area (Å²) in [5.74, 6) is 0.691. The fourth-order valence-corrected chi connectivity index (χ4v) is 2.10. The van der Waals surface area contributed by atoms with E-state index in [-0.39, 0.29) is 13.0 Å². The molecule has 0 aromatic rings. The molecule has 0 saturated carbocycles. The number of allylic oxidation sites excluding steroid dienone is 2. The number of ether oxygens (including phenoxy) is 1. The second-order valence-corrected chi connectivity index (χ2v) is 4.18. The number of amides is 1. The summed E-state index contributed by atoms with van der Waals surface area (Å²) in [4.78, 5) is 18.0. The highest BCUT2D eigenvalue weighted by molar-refractivity contribution is 8.04. The Balaban J connectivity index is 1.91. The minimum Gasteiger partial charge on any atom is -0.449 e. The Morgan fingerprint density at radius 3 is 3.38 bits per heavy atom. The van der Waals surface area contributed by atoms with Gasteiger partial charge in [-0.3, -0.25) is 14.3 Å². The smallest absolute Gasteiger partial charge is 0.417 e. The standard InChI is InChI=1S/C10H11FN2O2S/c11-3-1-5-15-10(14)13-4-2-8-9(6-13)16-7-12-8/h2,4,6H,1,3,5,7H2. The number of rotatable bonds is 3. The van der Waals surface area contributed by atoms with Gasteiger partial charge in [0.1, 0.15) is 0 Å². The molecule has 0 spiro atoms. The van der Waals surface area contributed by atoms with Crippen molar-refractivity contribution in [2.75, 3.05) is 19.2 Å². The summed E-state index contributed by atoms with van der Waals surface area (Å²) in [6.45, 7) is -0.367. The van der Waals surface area contributed by atoms with E-state index >= 15 is 0 Å². The summed E-state index contributed by atoms with van der Waals surface area (Å²) >= 11 is 1.57. The van der Waals surface area contributed by atoms with Crippen LogP contribution in [0.3, 0.4) is 0 Å². The van der Waals surface area contributed by atoms with Crippen molar-refractivity contribution in [1.82, 2.24) is 4.90 Å². The van der Waals surface area contributed by atoms with Crippen LogP contribution < -0.4 is 0 Å². The highest BCUT2D eigenvalue weighted by Crippen LogP contribution is 2.28. The molecule has 2 heterocycles. The molecule has 4 nitrogen and oxygen atoms in total. The van der Waals surface area contributed by atoms with Crippen LogP contribution in [0, 0.1) is 0 Å².